The van der Waals surface area contributed by atoms with Crippen molar-refractivity contribution in [3.63, 3.8) is 0 Å². The van der Waals surface area contributed by atoms with Crippen LogP contribution in [0, 0.1) is 0 Å². The van der Waals surface area contributed by atoms with Crippen LogP contribution in [0.3, 0.4) is 0 Å². The van der Waals surface area contributed by atoms with Gasteiger partial charge in [-0.1, -0.05) is 6.07 Å². The van der Waals surface area contributed by atoms with Gasteiger partial charge in [0.1, 0.15) is 11.5 Å². The Balaban J connectivity index is 2.24. The maximum absolute atomic E-state index is 4.48. The van der Waals surface area contributed by atoms with Gasteiger partial charge in [-0.2, -0.15) is 0 Å². The molecule has 0 aliphatic carbocycles. The average Bonchev–Trinajstić information content (AvgIpc) is 2.83. The van der Waals surface area contributed by atoms with Crippen LogP contribution in [0.15, 0.2) is 61.1 Å². The highest BCUT2D eigenvalue weighted by atomic mass is 15.1. The predicted molar refractivity (Wildman–Crippen MR) is 74.2 cm³/mol. The Hall–Kier alpha value is -2.75. The third kappa shape index (κ3) is 1.43. The Kier molecular flexibility index (Phi) is 2.08. The van der Waals surface area contributed by atoms with Crippen molar-refractivity contribution in [1.82, 2.24) is 19.5 Å². The van der Waals surface area contributed by atoms with Crippen molar-refractivity contribution in [2.75, 3.05) is 0 Å². The lowest BCUT2D eigenvalue weighted by Crippen LogP contribution is -1.97. The minimum absolute atomic E-state index is 0.856. The molecule has 0 aliphatic heterocycles. The Labute approximate surface area is 109 Å². The molecule has 4 heteroatoms. The van der Waals surface area contributed by atoms with E-state index in [2.05, 4.69) is 15.0 Å². The molecule has 0 amide bonds. The van der Waals surface area contributed by atoms with Crippen LogP contribution >= 0.6 is 0 Å². The highest BCUT2D eigenvalue weighted by Gasteiger charge is 2.13. The van der Waals surface area contributed by atoms with Gasteiger partial charge in [0.05, 0.1) is 11.0 Å². The van der Waals surface area contributed by atoms with Gasteiger partial charge < -0.3 is 0 Å². The van der Waals surface area contributed by atoms with E-state index in [4.69, 9.17) is 0 Å². The molecule has 0 spiro atoms. The largest absolute Gasteiger partial charge is 0.276 e. The van der Waals surface area contributed by atoms with Crippen LogP contribution in [0.25, 0.3) is 27.9 Å². The van der Waals surface area contributed by atoms with E-state index in [-0.39, 0.29) is 0 Å². The van der Waals surface area contributed by atoms with Gasteiger partial charge in [0, 0.05) is 24.0 Å². The number of hydrogen-bond acceptors (Lipinski definition) is 3. The normalized spacial score (nSPS) is 11.2. The van der Waals surface area contributed by atoms with E-state index in [1.54, 1.807) is 18.6 Å². The first-order chi connectivity index (χ1) is 9.45. The summed E-state index contributed by atoms with van der Waals surface area (Å²) in [4.78, 5) is 13.4. The quantitative estimate of drug-likeness (QED) is 0.518. The zero-order valence-corrected chi connectivity index (χ0v) is 10.1. The van der Waals surface area contributed by atoms with Crippen molar-refractivity contribution in [3.05, 3.63) is 61.1 Å². The maximum Gasteiger partial charge on any atom is 0.148 e. The molecule has 90 valence electrons. The molecule has 4 aromatic rings. The molecule has 0 aromatic carbocycles. The lowest BCUT2D eigenvalue weighted by Gasteiger charge is -2.04. The first-order valence-corrected chi connectivity index (χ1v) is 6.07. The van der Waals surface area contributed by atoms with Crippen molar-refractivity contribution in [2.24, 2.45) is 0 Å². The lowest BCUT2D eigenvalue weighted by molar-refractivity contribution is 1.06. The molecular weight excluding hydrogens is 236 g/mol. The summed E-state index contributed by atoms with van der Waals surface area (Å²) >= 11 is 0. The molecule has 0 aliphatic rings. The second kappa shape index (κ2) is 3.88. The second-order valence-corrected chi connectivity index (χ2v) is 4.27. The van der Waals surface area contributed by atoms with Crippen molar-refractivity contribution < 1.29 is 0 Å². The topological polar surface area (TPSA) is 43.6 Å². The molecule has 0 atom stereocenters. The molecule has 0 fully saturated rings. The SMILES string of the molecule is c1ccc(-n2c3cccnc3c3cccnc32)nc1. The minimum Gasteiger partial charge on any atom is -0.276 e. The number of hydrogen-bond donors (Lipinski definition) is 0. The van der Waals surface area contributed by atoms with Crippen LogP contribution in [0.2, 0.25) is 0 Å². The summed E-state index contributed by atoms with van der Waals surface area (Å²) in [5, 5.41) is 1.05. The lowest BCUT2D eigenvalue weighted by atomic mass is 10.3. The van der Waals surface area contributed by atoms with Gasteiger partial charge in [0.15, 0.2) is 0 Å². The Morgan fingerprint density at radius 1 is 0.737 bits per heavy atom. The smallest absolute Gasteiger partial charge is 0.148 e. The fourth-order valence-electron chi connectivity index (χ4n) is 2.38. The van der Waals surface area contributed by atoms with Gasteiger partial charge in [0.25, 0.3) is 0 Å². The first-order valence-electron chi connectivity index (χ1n) is 6.07. The van der Waals surface area contributed by atoms with E-state index in [1.807, 2.05) is 47.0 Å². The molecule has 0 bridgehead atoms. The van der Waals surface area contributed by atoms with Crippen LogP contribution in [-0.4, -0.2) is 19.5 Å². The highest BCUT2D eigenvalue weighted by Crippen LogP contribution is 2.27. The molecular formula is C15H10N4. The van der Waals surface area contributed by atoms with Gasteiger partial charge in [-0.25, -0.2) is 9.97 Å². The molecule has 4 heterocycles. The van der Waals surface area contributed by atoms with E-state index in [1.165, 1.54) is 0 Å². The summed E-state index contributed by atoms with van der Waals surface area (Å²) in [5.41, 5.74) is 2.86. The molecule has 0 unspecified atom stereocenters. The molecule has 0 saturated heterocycles. The van der Waals surface area contributed by atoms with Crippen molar-refractivity contribution in [2.45, 2.75) is 0 Å². The van der Waals surface area contributed by atoms with E-state index in [0.29, 0.717) is 0 Å². The maximum atomic E-state index is 4.48. The Bertz CT molecular complexity index is 812. The Morgan fingerprint density at radius 3 is 2.47 bits per heavy atom. The number of rotatable bonds is 1. The predicted octanol–water partition coefficient (Wildman–Crippen LogP) is 2.97. The summed E-state index contributed by atoms with van der Waals surface area (Å²) in [7, 11) is 0. The standard InChI is InChI=1S/C15H10N4/c1-2-8-16-13(7-1)19-12-6-4-9-17-14(12)11-5-3-10-18-15(11)19/h1-10H. The monoisotopic (exact) mass is 246 g/mol. The number of pyridine rings is 3. The first kappa shape index (κ1) is 10.2. The molecule has 4 rings (SSSR count). The molecule has 4 nitrogen and oxygen atoms in total. The van der Waals surface area contributed by atoms with Gasteiger partial charge in [-0.3, -0.25) is 9.55 Å². The molecule has 0 saturated carbocycles. The van der Waals surface area contributed by atoms with Crippen molar-refractivity contribution in [3.8, 4) is 5.82 Å². The third-order valence-corrected chi connectivity index (χ3v) is 3.16. The summed E-state index contributed by atoms with van der Waals surface area (Å²) in [6, 6.07) is 13.8. The van der Waals surface area contributed by atoms with Crippen LogP contribution in [0.4, 0.5) is 0 Å². The summed E-state index contributed by atoms with van der Waals surface area (Å²) in [6.45, 7) is 0. The molecule has 0 N–H and O–H groups in total. The number of aromatic nitrogens is 4. The fourth-order valence-corrected chi connectivity index (χ4v) is 2.38. The second-order valence-electron chi connectivity index (χ2n) is 4.27. The van der Waals surface area contributed by atoms with Crippen molar-refractivity contribution >= 4 is 22.1 Å². The number of fused-ring (bicyclic) bond motifs is 3. The zero-order valence-electron chi connectivity index (χ0n) is 10.1. The minimum atomic E-state index is 0.856. The molecule has 0 radical (unpaired) electrons. The van der Waals surface area contributed by atoms with Crippen LogP contribution in [0.1, 0.15) is 0 Å². The van der Waals surface area contributed by atoms with E-state index in [9.17, 15) is 0 Å². The number of nitrogens with zero attached hydrogens (tertiary/aromatic N) is 4. The van der Waals surface area contributed by atoms with Crippen LogP contribution < -0.4 is 0 Å². The molecule has 19 heavy (non-hydrogen) atoms. The summed E-state index contributed by atoms with van der Waals surface area (Å²) < 4.78 is 2.04. The molecule has 4 aromatic heterocycles. The third-order valence-electron chi connectivity index (χ3n) is 3.16. The van der Waals surface area contributed by atoms with Crippen LogP contribution in [-0.2, 0) is 0 Å². The zero-order chi connectivity index (χ0) is 12.7. The van der Waals surface area contributed by atoms with Crippen molar-refractivity contribution in [1.29, 1.82) is 0 Å². The summed E-state index contributed by atoms with van der Waals surface area (Å²) in [5.74, 6) is 0.856. The van der Waals surface area contributed by atoms with Gasteiger partial charge >= 0.3 is 0 Å². The van der Waals surface area contributed by atoms with Gasteiger partial charge in [-0.15, -0.1) is 0 Å². The Morgan fingerprint density at radius 2 is 1.58 bits per heavy atom. The van der Waals surface area contributed by atoms with E-state index in [0.717, 1.165) is 27.9 Å². The van der Waals surface area contributed by atoms with Crippen LogP contribution in [0.5, 0.6) is 0 Å². The fraction of sp³-hybridized carbons (Fsp3) is 0. The van der Waals surface area contributed by atoms with Gasteiger partial charge in [0.2, 0.25) is 0 Å². The highest BCUT2D eigenvalue weighted by molar-refractivity contribution is 6.05. The van der Waals surface area contributed by atoms with E-state index >= 15 is 0 Å². The average molecular weight is 246 g/mol. The van der Waals surface area contributed by atoms with E-state index < -0.39 is 0 Å². The van der Waals surface area contributed by atoms with Gasteiger partial charge in [-0.05, 0) is 36.4 Å². The summed E-state index contributed by atoms with van der Waals surface area (Å²) in [6.07, 6.45) is 5.38.